The molecule has 10 aromatic carbocycles. The normalized spacial score (nSPS) is 14.6. The van der Waals surface area contributed by atoms with E-state index >= 15 is 0 Å². The maximum Gasteiger partial charge on any atom is 0.159 e. The zero-order valence-corrected chi connectivity index (χ0v) is 34.6. The van der Waals surface area contributed by atoms with Gasteiger partial charge in [-0.25, -0.2) is 0 Å². The van der Waals surface area contributed by atoms with Gasteiger partial charge in [0.25, 0.3) is 0 Å². The fraction of sp³-hybridized carbons (Fsp3) is 0.0164. The van der Waals surface area contributed by atoms with Crippen molar-refractivity contribution in [3.05, 3.63) is 247 Å². The topological polar surface area (TPSA) is 29.5 Å². The van der Waals surface area contributed by atoms with Gasteiger partial charge in [-0.3, -0.25) is 0 Å². The van der Waals surface area contributed by atoms with Gasteiger partial charge in [-0.1, -0.05) is 182 Å². The van der Waals surface area contributed by atoms with Crippen molar-refractivity contribution in [1.29, 1.82) is 0 Å². The third-order valence-corrected chi connectivity index (χ3v) is 13.9. The monoisotopic (exact) mass is 815 g/mol. The Hall–Kier alpha value is -8.40. The summed E-state index contributed by atoms with van der Waals surface area (Å²) in [5, 5.41) is 4.46. The molecular weight excluding hydrogens is 779 g/mol. The summed E-state index contributed by atoms with van der Waals surface area (Å²) in [6.07, 6.45) is 0. The van der Waals surface area contributed by atoms with Gasteiger partial charge in [-0.15, -0.1) is 0 Å². The predicted molar refractivity (Wildman–Crippen MR) is 263 cm³/mol. The van der Waals surface area contributed by atoms with Gasteiger partial charge in [-0.2, -0.15) is 0 Å². The van der Waals surface area contributed by atoms with E-state index in [1.807, 2.05) is 6.07 Å². The molecule has 0 N–H and O–H groups in total. The molecule has 0 aliphatic heterocycles. The van der Waals surface area contributed by atoms with E-state index in [0.717, 1.165) is 66.5 Å². The number of benzene rings is 10. The van der Waals surface area contributed by atoms with Crippen molar-refractivity contribution in [2.24, 2.45) is 0 Å². The SMILES string of the molecule is c1ccc(-c2ccc(N(c3ccc4c(c3)-c3ccccc3-c3ccccc3C43c4ccccc4-c4c3ccc3c4oc4ccccc43)c3cccc4c3oc3ccccc34)cc2)cc1. The van der Waals surface area contributed by atoms with E-state index in [1.165, 1.54) is 61.2 Å². The summed E-state index contributed by atoms with van der Waals surface area (Å²) in [5.41, 5.74) is 20.5. The van der Waals surface area contributed by atoms with Crippen LogP contribution in [0, 0.1) is 0 Å². The van der Waals surface area contributed by atoms with E-state index in [2.05, 4.69) is 223 Å². The summed E-state index contributed by atoms with van der Waals surface area (Å²) < 4.78 is 13.7. The van der Waals surface area contributed by atoms with Crippen LogP contribution < -0.4 is 4.90 Å². The molecule has 2 aromatic heterocycles. The molecule has 2 aliphatic rings. The quantitative estimate of drug-likeness (QED) is 0.177. The number of furan rings is 2. The van der Waals surface area contributed by atoms with Gasteiger partial charge < -0.3 is 13.7 Å². The maximum atomic E-state index is 6.88. The Morgan fingerprint density at radius 3 is 1.58 bits per heavy atom. The molecule has 1 spiro atoms. The van der Waals surface area contributed by atoms with E-state index in [-0.39, 0.29) is 0 Å². The first-order valence-corrected chi connectivity index (χ1v) is 22.0. The highest BCUT2D eigenvalue weighted by molar-refractivity contribution is 6.14. The largest absolute Gasteiger partial charge is 0.455 e. The molecule has 298 valence electrons. The summed E-state index contributed by atoms with van der Waals surface area (Å²) in [5.74, 6) is 0. The standard InChI is InChI=1S/C61H37NO2/c1-2-15-38(16-3-1)39-29-31-40(32-30-39)62(55-26-14-23-47-45-20-8-12-27-56(45)63-59(47)55)41-33-35-53-50(37-41)43-18-5-4-17-42(43)44-19-6-10-24-51(44)61(53)52-25-11-7-22-49(52)58-54(61)36-34-48-46-21-9-13-28-57(46)64-60(48)58/h1-37H. The van der Waals surface area contributed by atoms with Crippen LogP contribution >= 0.6 is 0 Å². The van der Waals surface area contributed by atoms with Crippen molar-refractivity contribution in [2.75, 3.05) is 4.90 Å². The van der Waals surface area contributed by atoms with Gasteiger partial charge in [-0.05, 0) is 104 Å². The number of fused-ring (bicyclic) bond motifs is 19. The van der Waals surface area contributed by atoms with Gasteiger partial charge in [0, 0.05) is 38.5 Å². The first kappa shape index (κ1) is 35.2. The average Bonchev–Trinajstić information content (AvgIpc) is 4.01. The molecule has 3 nitrogen and oxygen atoms in total. The Balaban J connectivity index is 1.08. The zero-order chi connectivity index (χ0) is 41.9. The number of nitrogens with zero attached hydrogens (tertiary/aromatic N) is 1. The lowest BCUT2D eigenvalue weighted by Gasteiger charge is -2.36. The van der Waals surface area contributed by atoms with E-state index in [4.69, 9.17) is 8.83 Å². The highest BCUT2D eigenvalue weighted by Crippen LogP contribution is 2.63. The van der Waals surface area contributed by atoms with E-state index in [9.17, 15) is 0 Å². The van der Waals surface area contributed by atoms with Gasteiger partial charge >= 0.3 is 0 Å². The molecule has 3 heteroatoms. The zero-order valence-electron chi connectivity index (χ0n) is 34.6. The second kappa shape index (κ2) is 13.3. The third-order valence-electron chi connectivity index (χ3n) is 13.9. The van der Waals surface area contributed by atoms with Crippen LogP contribution in [0.1, 0.15) is 22.3 Å². The maximum absolute atomic E-state index is 6.88. The molecular formula is C61H37NO2. The lowest BCUT2D eigenvalue weighted by atomic mass is 9.66. The molecule has 0 fully saturated rings. The summed E-state index contributed by atoms with van der Waals surface area (Å²) >= 11 is 0. The van der Waals surface area contributed by atoms with Crippen LogP contribution in [0.5, 0.6) is 0 Å². The van der Waals surface area contributed by atoms with E-state index in [0.29, 0.717) is 0 Å². The van der Waals surface area contributed by atoms with Gasteiger partial charge in [0.05, 0.1) is 11.1 Å². The van der Waals surface area contributed by atoms with Crippen molar-refractivity contribution >= 4 is 60.9 Å². The van der Waals surface area contributed by atoms with Crippen molar-refractivity contribution in [1.82, 2.24) is 0 Å². The summed E-state index contributed by atoms with van der Waals surface area (Å²) in [7, 11) is 0. The minimum Gasteiger partial charge on any atom is -0.455 e. The predicted octanol–water partition coefficient (Wildman–Crippen LogP) is 16.6. The first-order chi connectivity index (χ1) is 31.8. The Morgan fingerprint density at radius 2 is 0.828 bits per heavy atom. The van der Waals surface area contributed by atoms with Crippen LogP contribution in [0.2, 0.25) is 0 Å². The van der Waals surface area contributed by atoms with Crippen LogP contribution in [-0.4, -0.2) is 0 Å². The molecule has 12 aromatic rings. The fourth-order valence-corrected chi connectivity index (χ4v) is 11.3. The molecule has 64 heavy (non-hydrogen) atoms. The number of para-hydroxylation sites is 3. The molecule has 1 atom stereocenters. The van der Waals surface area contributed by atoms with Gasteiger partial charge in [0.2, 0.25) is 0 Å². The smallest absolute Gasteiger partial charge is 0.159 e. The van der Waals surface area contributed by atoms with Crippen LogP contribution in [0.4, 0.5) is 17.1 Å². The Bertz CT molecular complexity index is 3860. The molecule has 14 rings (SSSR count). The molecule has 0 amide bonds. The van der Waals surface area contributed by atoms with Crippen molar-refractivity contribution in [3.63, 3.8) is 0 Å². The molecule has 0 saturated carbocycles. The lowest BCUT2D eigenvalue weighted by molar-refractivity contribution is 0.668. The minimum absolute atomic E-state index is 0.663. The number of hydrogen-bond donors (Lipinski definition) is 0. The fourth-order valence-electron chi connectivity index (χ4n) is 11.3. The van der Waals surface area contributed by atoms with Gasteiger partial charge in [0.15, 0.2) is 5.58 Å². The van der Waals surface area contributed by atoms with Gasteiger partial charge in [0.1, 0.15) is 16.7 Å². The highest BCUT2D eigenvalue weighted by Gasteiger charge is 2.50. The lowest BCUT2D eigenvalue weighted by Crippen LogP contribution is -2.29. The average molecular weight is 816 g/mol. The summed E-state index contributed by atoms with van der Waals surface area (Å²) in [6, 6.07) is 81.6. The number of anilines is 3. The van der Waals surface area contributed by atoms with Crippen LogP contribution in [0.3, 0.4) is 0 Å². The highest BCUT2D eigenvalue weighted by atomic mass is 16.3. The van der Waals surface area contributed by atoms with Crippen LogP contribution in [0.25, 0.3) is 88.4 Å². The number of hydrogen-bond acceptors (Lipinski definition) is 3. The molecule has 0 radical (unpaired) electrons. The van der Waals surface area contributed by atoms with Crippen molar-refractivity contribution in [2.45, 2.75) is 5.41 Å². The van der Waals surface area contributed by atoms with E-state index < -0.39 is 5.41 Å². The minimum atomic E-state index is -0.663. The molecule has 0 saturated heterocycles. The third kappa shape index (κ3) is 4.76. The number of rotatable bonds is 4. The summed E-state index contributed by atoms with van der Waals surface area (Å²) in [6.45, 7) is 0. The van der Waals surface area contributed by atoms with Crippen LogP contribution in [-0.2, 0) is 5.41 Å². The van der Waals surface area contributed by atoms with Crippen molar-refractivity contribution < 1.29 is 8.83 Å². The molecule has 2 heterocycles. The molecule has 2 aliphatic carbocycles. The second-order valence-electron chi connectivity index (χ2n) is 17.1. The van der Waals surface area contributed by atoms with Crippen molar-refractivity contribution in [3.8, 4) is 44.5 Å². The van der Waals surface area contributed by atoms with Crippen LogP contribution in [0.15, 0.2) is 233 Å². The molecule has 1 unspecified atom stereocenters. The first-order valence-electron chi connectivity index (χ1n) is 22.0. The Kier molecular flexibility index (Phi) is 7.32. The summed E-state index contributed by atoms with van der Waals surface area (Å²) in [4.78, 5) is 2.38. The molecule has 0 bridgehead atoms. The Labute approximate surface area is 369 Å². The Morgan fingerprint density at radius 1 is 0.312 bits per heavy atom. The second-order valence-corrected chi connectivity index (χ2v) is 17.1. The van der Waals surface area contributed by atoms with E-state index in [1.54, 1.807) is 0 Å².